The number of anilines is 1. The molecule has 18 heavy (non-hydrogen) atoms. The normalized spacial score (nSPS) is 10.8. The molecule has 94 valence electrons. The summed E-state index contributed by atoms with van der Waals surface area (Å²) in [7, 11) is 0. The third-order valence-electron chi connectivity index (χ3n) is 2.89. The predicted octanol–water partition coefficient (Wildman–Crippen LogP) is 3.02. The Morgan fingerprint density at radius 3 is 2.33 bits per heavy atom. The molecular weight excluding hydrogens is 228 g/mol. The number of aromatic carboxylic acids is 1. The molecule has 0 aliphatic carbocycles. The lowest BCUT2D eigenvalue weighted by atomic mass is 10.0. The molecule has 2 aromatic rings. The second-order valence-corrected chi connectivity index (χ2v) is 4.55. The quantitative estimate of drug-likeness (QED) is 0.815. The molecule has 0 aliphatic rings. The molecule has 0 amide bonds. The number of nitrogens with zero attached hydrogens (tertiary/aromatic N) is 1. The summed E-state index contributed by atoms with van der Waals surface area (Å²) in [6, 6.07) is 7.44. The predicted molar refractivity (Wildman–Crippen MR) is 71.6 cm³/mol. The maximum Gasteiger partial charge on any atom is 0.337 e. The number of carbonyl (C=O) groups is 1. The minimum absolute atomic E-state index is 0.227. The van der Waals surface area contributed by atoms with E-state index in [1.807, 2.05) is 36.7 Å². The Bertz CT molecular complexity index is 568. The van der Waals surface area contributed by atoms with Gasteiger partial charge in [-0.3, -0.25) is 0 Å². The van der Waals surface area contributed by atoms with Crippen molar-refractivity contribution in [1.29, 1.82) is 0 Å². The first kappa shape index (κ1) is 12.2. The summed E-state index contributed by atoms with van der Waals surface area (Å²) >= 11 is 0. The van der Waals surface area contributed by atoms with E-state index in [0.29, 0.717) is 11.3 Å². The van der Waals surface area contributed by atoms with Crippen LogP contribution in [0.25, 0.3) is 11.1 Å². The number of nitrogen functional groups attached to an aromatic ring is 1. The van der Waals surface area contributed by atoms with E-state index in [1.54, 1.807) is 18.3 Å². The standard InChI is InChI=1S/C14H16N2O2/c1-9(2)16-7-12(13(8-16)14(17)18)10-3-5-11(15)6-4-10/h3-9H,15H2,1-2H3,(H,17,18). The van der Waals surface area contributed by atoms with E-state index in [4.69, 9.17) is 5.73 Å². The van der Waals surface area contributed by atoms with Crippen molar-refractivity contribution < 1.29 is 9.90 Å². The van der Waals surface area contributed by atoms with Crippen molar-refractivity contribution >= 4 is 11.7 Å². The van der Waals surface area contributed by atoms with Gasteiger partial charge in [-0.25, -0.2) is 4.79 Å². The van der Waals surface area contributed by atoms with E-state index in [-0.39, 0.29) is 6.04 Å². The van der Waals surface area contributed by atoms with Crippen LogP contribution in [-0.4, -0.2) is 15.6 Å². The van der Waals surface area contributed by atoms with Crippen molar-refractivity contribution in [1.82, 2.24) is 4.57 Å². The number of aromatic nitrogens is 1. The van der Waals surface area contributed by atoms with Crippen LogP contribution in [0.5, 0.6) is 0 Å². The first-order valence-electron chi connectivity index (χ1n) is 5.79. The smallest absolute Gasteiger partial charge is 0.337 e. The van der Waals surface area contributed by atoms with Gasteiger partial charge < -0.3 is 15.4 Å². The van der Waals surface area contributed by atoms with Gasteiger partial charge in [-0.15, -0.1) is 0 Å². The minimum Gasteiger partial charge on any atom is -0.478 e. The molecule has 0 unspecified atom stereocenters. The summed E-state index contributed by atoms with van der Waals surface area (Å²) in [5, 5.41) is 9.24. The van der Waals surface area contributed by atoms with Gasteiger partial charge in [0.2, 0.25) is 0 Å². The molecule has 2 rings (SSSR count). The van der Waals surface area contributed by atoms with Crippen molar-refractivity contribution in [2.45, 2.75) is 19.9 Å². The van der Waals surface area contributed by atoms with Gasteiger partial charge in [0.25, 0.3) is 0 Å². The molecule has 1 aromatic heterocycles. The fourth-order valence-electron chi connectivity index (χ4n) is 1.84. The van der Waals surface area contributed by atoms with E-state index in [1.165, 1.54) is 0 Å². The highest BCUT2D eigenvalue weighted by Gasteiger charge is 2.15. The lowest BCUT2D eigenvalue weighted by Crippen LogP contribution is -1.98. The summed E-state index contributed by atoms with van der Waals surface area (Å²) in [5.41, 5.74) is 8.19. The van der Waals surface area contributed by atoms with Gasteiger partial charge in [0.05, 0.1) is 5.56 Å². The molecule has 0 radical (unpaired) electrons. The van der Waals surface area contributed by atoms with Crippen LogP contribution in [0.4, 0.5) is 5.69 Å². The van der Waals surface area contributed by atoms with Crippen LogP contribution in [0, 0.1) is 0 Å². The molecule has 0 atom stereocenters. The number of hydrogen-bond acceptors (Lipinski definition) is 2. The van der Waals surface area contributed by atoms with Gasteiger partial charge in [0.15, 0.2) is 0 Å². The summed E-state index contributed by atoms with van der Waals surface area (Å²) in [5.74, 6) is -0.916. The Labute approximate surface area is 106 Å². The Hall–Kier alpha value is -2.23. The molecule has 0 fully saturated rings. The van der Waals surface area contributed by atoms with Gasteiger partial charge in [0, 0.05) is 29.7 Å². The topological polar surface area (TPSA) is 68.2 Å². The zero-order chi connectivity index (χ0) is 13.3. The molecule has 1 heterocycles. The van der Waals surface area contributed by atoms with Crippen molar-refractivity contribution in [2.75, 3.05) is 5.73 Å². The van der Waals surface area contributed by atoms with Crippen LogP contribution in [-0.2, 0) is 0 Å². The average Bonchev–Trinajstić information content (AvgIpc) is 2.75. The number of nitrogens with two attached hydrogens (primary N) is 1. The van der Waals surface area contributed by atoms with Gasteiger partial charge >= 0.3 is 5.97 Å². The molecule has 0 aliphatic heterocycles. The van der Waals surface area contributed by atoms with Crippen LogP contribution in [0.2, 0.25) is 0 Å². The van der Waals surface area contributed by atoms with Crippen molar-refractivity contribution in [3.05, 3.63) is 42.2 Å². The molecule has 0 bridgehead atoms. The summed E-state index contributed by atoms with van der Waals surface area (Å²) in [6.07, 6.45) is 3.53. The monoisotopic (exact) mass is 244 g/mol. The van der Waals surface area contributed by atoms with Crippen LogP contribution >= 0.6 is 0 Å². The number of carboxylic acid groups (broad SMARTS) is 1. The lowest BCUT2D eigenvalue weighted by molar-refractivity contribution is 0.0697. The third kappa shape index (κ3) is 2.22. The highest BCUT2D eigenvalue weighted by atomic mass is 16.4. The summed E-state index contributed by atoms with van der Waals surface area (Å²) in [6.45, 7) is 4.02. The first-order valence-corrected chi connectivity index (χ1v) is 5.79. The Balaban J connectivity index is 2.55. The van der Waals surface area contributed by atoms with E-state index in [9.17, 15) is 9.90 Å². The molecule has 3 N–H and O–H groups in total. The molecule has 4 heteroatoms. The SMILES string of the molecule is CC(C)n1cc(C(=O)O)c(-c2ccc(N)cc2)c1. The van der Waals surface area contributed by atoms with Gasteiger partial charge in [-0.1, -0.05) is 12.1 Å². The van der Waals surface area contributed by atoms with Crippen molar-refractivity contribution in [3.8, 4) is 11.1 Å². The number of rotatable bonds is 3. The maximum atomic E-state index is 11.3. The summed E-state index contributed by atoms with van der Waals surface area (Å²) < 4.78 is 1.90. The van der Waals surface area contributed by atoms with Gasteiger partial charge in [-0.2, -0.15) is 0 Å². The van der Waals surface area contributed by atoms with E-state index in [0.717, 1.165) is 11.1 Å². The highest BCUT2D eigenvalue weighted by Crippen LogP contribution is 2.27. The van der Waals surface area contributed by atoms with Crippen LogP contribution in [0.3, 0.4) is 0 Å². The van der Waals surface area contributed by atoms with E-state index in [2.05, 4.69) is 0 Å². The second kappa shape index (κ2) is 4.56. The molecule has 0 saturated heterocycles. The van der Waals surface area contributed by atoms with Crippen LogP contribution in [0.1, 0.15) is 30.2 Å². The zero-order valence-electron chi connectivity index (χ0n) is 10.4. The van der Waals surface area contributed by atoms with Gasteiger partial charge in [-0.05, 0) is 31.5 Å². The lowest BCUT2D eigenvalue weighted by Gasteiger charge is -2.05. The third-order valence-corrected chi connectivity index (χ3v) is 2.89. The van der Waals surface area contributed by atoms with Crippen LogP contribution < -0.4 is 5.73 Å². The second-order valence-electron chi connectivity index (χ2n) is 4.55. The van der Waals surface area contributed by atoms with Gasteiger partial charge in [0.1, 0.15) is 0 Å². The zero-order valence-corrected chi connectivity index (χ0v) is 10.4. The number of hydrogen-bond donors (Lipinski definition) is 2. The number of carboxylic acids is 1. The average molecular weight is 244 g/mol. The molecule has 0 saturated carbocycles. The Kier molecular flexibility index (Phi) is 3.10. The molecular formula is C14H16N2O2. The Morgan fingerprint density at radius 2 is 1.83 bits per heavy atom. The largest absolute Gasteiger partial charge is 0.478 e. The minimum atomic E-state index is -0.916. The fraction of sp³-hybridized carbons (Fsp3) is 0.214. The van der Waals surface area contributed by atoms with Crippen molar-refractivity contribution in [2.24, 2.45) is 0 Å². The van der Waals surface area contributed by atoms with Crippen molar-refractivity contribution in [3.63, 3.8) is 0 Å². The fourth-order valence-corrected chi connectivity index (χ4v) is 1.84. The van der Waals surface area contributed by atoms with Crippen LogP contribution in [0.15, 0.2) is 36.7 Å². The molecule has 4 nitrogen and oxygen atoms in total. The number of benzene rings is 1. The van der Waals surface area contributed by atoms with E-state index >= 15 is 0 Å². The Morgan fingerprint density at radius 1 is 1.22 bits per heavy atom. The van der Waals surface area contributed by atoms with E-state index < -0.39 is 5.97 Å². The maximum absolute atomic E-state index is 11.3. The first-order chi connectivity index (χ1) is 8.49. The molecule has 0 spiro atoms. The molecule has 1 aromatic carbocycles. The summed E-state index contributed by atoms with van der Waals surface area (Å²) in [4.78, 5) is 11.3. The highest BCUT2D eigenvalue weighted by molar-refractivity contribution is 5.96.